The molecule has 134 valence electrons. The number of hydrogen-bond donors (Lipinski definition) is 2. The Hall–Kier alpha value is -2.80. The predicted molar refractivity (Wildman–Crippen MR) is 104 cm³/mol. The molecule has 0 bridgehead atoms. The molecule has 1 atom stereocenters. The second kappa shape index (κ2) is 8.53. The zero-order valence-electron chi connectivity index (χ0n) is 14.6. The van der Waals surface area contributed by atoms with E-state index in [0.717, 1.165) is 17.2 Å². The number of amides is 1. The molecule has 2 aromatic heterocycles. The predicted octanol–water partition coefficient (Wildman–Crippen LogP) is 4.39. The summed E-state index contributed by atoms with van der Waals surface area (Å²) in [6.45, 7) is 3.86. The van der Waals surface area contributed by atoms with Gasteiger partial charge < -0.3 is 9.73 Å². The Bertz CT molecular complexity index is 886. The van der Waals surface area contributed by atoms with Gasteiger partial charge in [-0.25, -0.2) is 4.98 Å². The van der Waals surface area contributed by atoms with Gasteiger partial charge in [0.1, 0.15) is 17.3 Å². The lowest BCUT2D eigenvalue weighted by Crippen LogP contribution is -2.24. The van der Waals surface area contributed by atoms with Crippen molar-refractivity contribution in [2.45, 2.75) is 30.7 Å². The molecule has 0 spiro atoms. The lowest BCUT2D eigenvalue weighted by Gasteiger charge is -2.12. The number of carbonyl (C=O) groups is 1. The molecular formula is C19H20N4O2S. The van der Waals surface area contributed by atoms with Gasteiger partial charge in [0, 0.05) is 5.69 Å². The average Bonchev–Trinajstić information content (AvgIpc) is 3.27. The van der Waals surface area contributed by atoms with E-state index in [-0.39, 0.29) is 11.2 Å². The number of thioether (sulfide) groups is 1. The molecule has 0 aliphatic rings. The Labute approximate surface area is 156 Å². The third kappa shape index (κ3) is 4.86. The summed E-state index contributed by atoms with van der Waals surface area (Å²) in [4.78, 5) is 16.8. The largest absolute Gasteiger partial charge is 0.462 e. The lowest BCUT2D eigenvalue weighted by molar-refractivity contribution is -0.115. The number of para-hydroxylation sites is 1. The van der Waals surface area contributed by atoms with E-state index in [0.29, 0.717) is 17.4 Å². The molecule has 7 heteroatoms. The van der Waals surface area contributed by atoms with Gasteiger partial charge in [0.15, 0.2) is 0 Å². The zero-order chi connectivity index (χ0) is 18.4. The van der Waals surface area contributed by atoms with Crippen LogP contribution in [0.1, 0.15) is 30.7 Å². The minimum absolute atomic E-state index is 0.0587. The SMILES string of the molecule is CCC(Sc1n[nH]c(/C=C/c2ccc(C)o2)n1)C(=O)Nc1ccccc1. The molecule has 3 rings (SSSR count). The molecule has 1 unspecified atom stereocenters. The fraction of sp³-hybridized carbons (Fsp3) is 0.211. The number of aromatic nitrogens is 3. The molecular weight excluding hydrogens is 348 g/mol. The molecule has 3 aromatic rings. The minimum Gasteiger partial charge on any atom is -0.462 e. The van der Waals surface area contributed by atoms with E-state index < -0.39 is 0 Å². The van der Waals surface area contributed by atoms with Crippen molar-refractivity contribution in [2.24, 2.45) is 0 Å². The van der Waals surface area contributed by atoms with Crippen molar-refractivity contribution in [1.29, 1.82) is 0 Å². The lowest BCUT2D eigenvalue weighted by atomic mass is 10.3. The van der Waals surface area contributed by atoms with Crippen LogP contribution in [0.2, 0.25) is 0 Å². The summed E-state index contributed by atoms with van der Waals surface area (Å²) >= 11 is 1.34. The summed E-state index contributed by atoms with van der Waals surface area (Å²) < 4.78 is 5.48. The summed E-state index contributed by atoms with van der Waals surface area (Å²) in [7, 11) is 0. The summed E-state index contributed by atoms with van der Waals surface area (Å²) in [5, 5.41) is 10.2. The van der Waals surface area contributed by atoms with Crippen LogP contribution in [0, 0.1) is 6.92 Å². The Morgan fingerprint density at radius 3 is 2.77 bits per heavy atom. The highest BCUT2D eigenvalue weighted by atomic mass is 32.2. The van der Waals surface area contributed by atoms with Crippen LogP contribution in [0.4, 0.5) is 5.69 Å². The number of nitrogens with zero attached hydrogens (tertiary/aromatic N) is 2. The van der Waals surface area contributed by atoms with Gasteiger partial charge in [-0.1, -0.05) is 36.9 Å². The summed E-state index contributed by atoms with van der Waals surface area (Å²) in [5.41, 5.74) is 0.781. The van der Waals surface area contributed by atoms with E-state index >= 15 is 0 Å². The van der Waals surface area contributed by atoms with E-state index in [1.165, 1.54) is 11.8 Å². The molecule has 2 N–H and O–H groups in total. The molecule has 1 amide bonds. The first-order chi connectivity index (χ1) is 12.6. The maximum absolute atomic E-state index is 12.4. The van der Waals surface area contributed by atoms with Crippen LogP contribution in [0.25, 0.3) is 12.2 Å². The zero-order valence-corrected chi connectivity index (χ0v) is 15.4. The molecule has 0 fully saturated rings. The quantitative estimate of drug-likeness (QED) is 0.604. The second-order valence-electron chi connectivity index (χ2n) is 5.65. The van der Waals surface area contributed by atoms with Crippen molar-refractivity contribution in [3.05, 3.63) is 59.8 Å². The van der Waals surface area contributed by atoms with Crippen LogP contribution in [0.15, 0.2) is 52.0 Å². The standard InChI is InChI=1S/C19H20N4O2S/c1-3-16(18(24)20-14-7-5-4-6-8-14)26-19-21-17(22-23-19)12-11-15-10-9-13(2)25-15/h4-12,16H,3H2,1-2H3,(H,20,24)(H,21,22,23)/b12-11+. The fourth-order valence-corrected chi connectivity index (χ4v) is 3.12. The van der Waals surface area contributed by atoms with Crippen molar-refractivity contribution >= 4 is 35.5 Å². The number of aromatic amines is 1. The van der Waals surface area contributed by atoms with E-state index in [1.807, 2.05) is 62.4 Å². The van der Waals surface area contributed by atoms with Gasteiger partial charge in [-0.05, 0) is 49.8 Å². The Morgan fingerprint density at radius 2 is 2.08 bits per heavy atom. The number of aryl methyl sites for hydroxylation is 1. The number of anilines is 1. The highest BCUT2D eigenvalue weighted by Gasteiger charge is 2.20. The van der Waals surface area contributed by atoms with Crippen molar-refractivity contribution in [2.75, 3.05) is 5.32 Å². The van der Waals surface area contributed by atoms with Crippen LogP contribution in [-0.2, 0) is 4.79 Å². The Morgan fingerprint density at radius 1 is 1.27 bits per heavy atom. The summed E-state index contributed by atoms with van der Waals surface area (Å²) in [6, 6.07) is 13.2. The van der Waals surface area contributed by atoms with Crippen LogP contribution >= 0.6 is 11.8 Å². The van der Waals surface area contributed by atoms with Gasteiger partial charge in [-0.2, -0.15) is 0 Å². The van der Waals surface area contributed by atoms with Gasteiger partial charge in [-0.3, -0.25) is 9.89 Å². The van der Waals surface area contributed by atoms with Gasteiger partial charge in [0.25, 0.3) is 0 Å². The molecule has 0 saturated heterocycles. The maximum Gasteiger partial charge on any atom is 0.237 e. The number of H-pyrrole nitrogens is 1. The van der Waals surface area contributed by atoms with Crippen molar-refractivity contribution in [3.8, 4) is 0 Å². The average molecular weight is 368 g/mol. The molecule has 0 saturated carbocycles. The maximum atomic E-state index is 12.4. The Kier molecular flexibility index (Phi) is 5.91. The molecule has 26 heavy (non-hydrogen) atoms. The van der Waals surface area contributed by atoms with E-state index in [9.17, 15) is 4.79 Å². The second-order valence-corrected chi connectivity index (χ2v) is 6.82. The molecule has 0 aliphatic carbocycles. The Balaban J connectivity index is 1.61. The van der Waals surface area contributed by atoms with Gasteiger partial charge in [-0.15, -0.1) is 5.10 Å². The third-order valence-electron chi connectivity index (χ3n) is 3.60. The number of benzene rings is 1. The van der Waals surface area contributed by atoms with Crippen LogP contribution in [0.3, 0.4) is 0 Å². The number of nitrogens with one attached hydrogen (secondary N) is 2. The van der Waals surface area contributed by atoms with Crippen molar-refractivity contribution in [3.63, 3.8) is 0 Å². The van der Waals surface area contributed by atoms with Gasteiger partial charge in [0.2, 0.25) is 11.1 Å². The van der Waals surface area contributed by atoms with E-state index in [4.69, 9.17) is 4.42 Å². The van der Waals surface area contributed by atoms with Crippen molar-refractivity contribution < 1.29 is 9.21 Å². The minimum atomic E-state index is -0.268. The molecule has 1 aromatic carbocycles. The van der Waals surface area contributed by atoms with E-state index in [1.54, 1.807) is 6.08 Å². The van der Waals surface area contributed by atoms with Crippen LogP contribution < -0.4 is 5.32 Å². The highest BCUT2D eigenvalue weighted by Crippen LogP contribution is 2.23. The number of hydrogen-bond acceptors (Lipinski definition) is 5. The number of rotatable bonds is 7. The number of furan rings is 1. The van der Waals surface area contributed by atoms with Crippen molar-refractivity contribution in [1.82, 2.24) is 15.2 Å². The normalized spacial score (nSPS) is 12.4. The topological polar surface area (TPSA) is 83.8 Å². The molecule has 0 radical (unpaired) electrons. The number of carbonyl (C=O) groups excluding carboxylic acids is 1. The van der Waals surface area contributed by atoms with Gasteiger partial charge >= 0.3 is 0 Å². The first kappa shape index (κ1) is 18.0. The smallest absolute Gasteiger partial charge is 0.237 e. The molecule has 6 nitrogen and oxygen atoms in total. The third-order valence-corrected chi connectivity index (χ3v) is 4.83. The molecule has 0 aliphatic heterocycles. The first-order valence-corrected chi connectivity index (χ1v) is 9.21. The van der Waals surface area contributed by atoms with Gasteiger partial charge in [0.05, 0.1) is 5.25 Å². The highest BCUT2D eigenvalue weighted by molar-refractivity contribution is 8.00. The molecule has 2 heterocycles. The van der Waals surface area contributed by atoms with E-state index in [2.05, 4.69) is 20.5 Å². The summed E-state index contributed by atoms with van der Waals surface area (Å²) in [6.07, 6.45) is 4.29. The van der Waals surface area contributed by atoms with Crippen LogP contribution in [-0.4, -0.2) is 26.3 Å². The fourth-order valence-electron chi connectivity index (χ4n) is 2.28. The monoisotopic (exact) mass is 368 g/mol. The first-order valence-electron chi connectivity index (χ1n) is 8.33. The van der Waals surface area contributed by atoms with Crippen LogP contribution in [0.5, 0.6) is 0 Å². The summed E-state index contributed by atoms with van der Waals surface area (Å²) in [5.74, 6) is 2.16.